The topological polar surface area (TPSA) is 104 Å². The summed E-state index contributed by atoms with van der Waals surface area (Å²) >= 11 is 0. The average Bonchev–Trinajstić information content (AvgIpc) is 3.08. The fourth-order valence-corrected chi connectivity index (χ4v) is 7.16. The SMILES string of the molecule is Nc1ccc2cc(C(CC(c3ccc4cc(N)ccc4c3)c3ccc4cc(N)ccc4c3)c3ccc4cc(N)ccc4c3)ccc2c1. The Morgan fingerprint density at radius 3 is 0.745 bits per heavy atom. The lowest BCUT2D eigenvalue weighted by molar-refractivity contribution is 0.645. The van der Waals surface area contributed by atoms with Crippen LogP contribution in [-0.2, 0) is 0 Å². The lowest BCUT2D eigenvalue weighted by atomic mass is 9.77. The van der Waals surface area contributed by atoms with E-state index in [9.17, 15) is 0 Å². The van der Waals surface area contributed by atoms with Crippen LogP contribution in [-0.4, -0.2) is 0 Å². The van der Waals surface area contributed by atoms with Crippen LogP contribution < -0.4 is 22.9 Å². The summed E-state index contributed by atoms with van der Waals surface area (Å²) < 4.78 is 0. The van der Waals surface area contributed by atoms with Gasteiger partial charge >= 0.3 is 0 Å². The first-order valence-corrected chi connectivity index (χ1v) is 16.0. The third kappa shape index (κ3) is 5.55. The second-order valence-corrected chi connectivity index (χ2v) is 12.8. The van der Waals surface area contributed by atoms with Gasteiger partial charge in [-0.25, -0.2) is 0 Å². The standard InChI is InChI=1S/C43H36N4/c44-38-13-9-26-17-34(5-1-30(26)21-38)42(35-6-2-31-22-39(45)14-10-27(31)18-35)25-43(36-7-3-32-23-40(46)15-11-28(32)19-36)37-8-4-33-24-41(47)16-12-29(33)20-37/h1-24,42-43H,25,44-47H2. The molecular formula is C43H36N4. The highest BCUT2D eigenvalue weighted by atomic mass is 14.5. The van der Waals surface area contributed by atoms with E-state index in [1.54, 1.807) is 0 Å². The largest absolute Gasteiger partial charge is 0.399 e. The summed E-state index contributed by atoms with van der Waals surface area (Å²) in [5.74, 6) is 0.210. The predicted octanol–water partition coefficient (Wildman–Crippen LogP) is 9.98. The number of fused-ring (bicyclic) bond motifs is 4. The predicted molar refractivity (Wildman–Crippen MR) is 202 cm³/mol. The number of hydrogen-bond acceptors (Lipinski definition) is 4. The first-order chi connectivity index (χ1) is 22.9. The summed E-state index contributed by atoms with van der Waals surface area (Å²) in [4.78, 5) is 0. The molecule has 0 saturated heterocycles. The number of benzene rings is 8. The minimum Gasteiger partial charge on any atom is -0.399 e. The Kier molecular flexibility index (Phi) is 6.92. The second-order valence-electron chi connectivity index (χ2n) is 12.8. The van der Waals surface area contributed by atoms with E-state index in [0.717, 1.165) is 50.7 Å². The molecule has 228 valence electrons. The molecule has 0 unspecified atom stereocenters. The van der Waals surface area contributed by atoms with Crippen molar-refractivity contribution < 1.29 is 0 Å². The van der Waals surface area contributed by atoms with Crippen LogP contribution in [0, 0.1) is 0 Å². The summed E-state index contributed by atoms with van der Waals surface area (Å²) in [6, 6.07) is 51.8. The minimum atomic E-state index is 0.105. The molecule has 0 fully saturated rings. The van der Waals surface area contributed by atoms with Crippen LogP contribution in [0.1, 0.15) is 40.5 Å². The van der Waals surface area contributed by atoms with Crippen molar-refractivity contribution in [3.63, 3.8) is 0 Å². The molecule has 8 aromatic carbocycles. The normalized spacial score (nSPS) is 11.8. The van der Waals surface area contributed by atoms with Crippen molar-refractivity contribution in [3.05, 3.63) is 168 Å². The molecule has 0 aliphatic carbocycles. The van der Waals surface area contributed by atoms with Crippen LogP contribution >= 0.6 is 0 Å². The highest BCUT2D eigenvalue weighted by Crippen LogP contribution is 2.42. The van der Waals surface area contributed by atoms with Crippen molar-refractivity contribution in [1.29, 1.82) is 0 Å². The van der Waals surface area contributed by atoms with E-state index in [2.05, 4.69) is 97.1 Å². The van der Waals surface area contributed by atoms with Gasteiger partial charge in [0.2, 0.25) is 0 Å². The average molecular weight is 609 g/mol. The lowest BCUT2D eigenvalue weighted by Gasteiger charge is -2.27. The van der Waals surface area contributed by atoms with Crippen molar-refractivity contribution >= 4 is 65.8 Å². The Labute approximate surface area is 274 Å². The van der Waals surface area contributed by atoms with Gasteiger partial charge in [-0.05, 0) is 120 Å². The van der Waals surface area contributed by atoms with Crippen molar-refractivity contribution in [2.24, 2.45) is 0 Å². The molecule has 8 N–H and O–H groups in total. The number of nitrogens with two attached hydrogens (primary N) is 4. The fourth-order valence-electron chi connectivity index (χ4n) is 7.16. The van der Waals surface area contributed by atoms with E-state index in [-0.39, 0.29) is 11.8 Å². The maximum absolute atomic E-state index is 6.14. The number of hydrogen-bond donors (Lipinski definition) is 4. The van der Waals surface area contributed by atoms with E-state index in [1.165, 1.54) is 43.8 Å². The van der Waals surface area contributed by atoms with E-state index >= 15 is 0 Å². The molecule has 4 heteroatoms. The number of anilines is 4. The summed E-state index contributed by atoms with van der Waals surface area (Å²) in [5.41, 5.74) is 32.7. The van der Waals surface area contributed by atoms with Gasteiger partial charge in [-0.15, -0.1) is 0 Å². The second kappa shape index (κ2) is 11.4. The smallest absolute Gasteiger partial charge is 0.0320 e. The van der Waals surface area contributed by atoms with Gasteiger partial charge in [0, 0.05) is 34.6 Å². The maximum atomic E-state index is 6.14. The van der Waals surface area contributed by atoms with Crippen LogP contribution in [0.2, 0.25) is 0 Å². The molecule has 0 atom stereocenters. The molecule has 0 saturated carbocycles. The van der Waals surface area contributed by atoms with Gasteiger partial charge in [-0.2, -0.15) is 0 Å². The van der Waals surface area contributed by atoms with E-state index < -0.39 is 0 Å². The fraction of sp³-hybridized carbons (Fsp3) is 0.0698. The Bertz CT molecular complexity index is 2120. The molecule has 0 aromatic heterocycles. The summed E-state index contributed by atoms with van der Waals surface area (Å²) in [6.45, 7) is 0. The molecule has 47 heavy (non-hydrogen) atoms. The monoisotopic (exact) mass is 608 g/mol. The first kappa shape index (κ1) is 28.5. The van der Waals surface area contributed by atoms with E-state index in [4.69, 9.17) is 22.9 Å². The summed E-state index contributed by atoms with van der Waals surface area (Å²) in [7, 11) is 0. The van der Waals surface area contributed by atoms with Gasteiger partial charge in [0.25, 0.3) is 0 Å². The van der Waals surface area contributed by atoms with Gasteiger partial charge in [0.15, 0.2) is 0 Å². The third-order valence-electron chi connectivity index (χ3n) is 9.63. The van der Waals surface area contributed by atoms with Crippen LogP contribution in [0.25, 0.3) is 43.1 Å². The quantitative estimate of drug-likeness (QED) is 0.141. The van der Waals surface area contributed by atoms with Crippen LogP contribution in [0.15, 0.2) is 146 Å². The number of rotatable bonds is 6. The highest BCUT2D eigenvalue weighted by Gasteiger charge is 2.24. The molecule has 0 bridgehead atoms. The van der Waals surface area contributed by atoms with E-state index in [0.29, 0.717) is 0 Å². The Morgan fingerprint density at radius 2 is 0.489 bits per heavy atom. The summed E-state index contributed by atoms with van der Waals surface area (Å²) in [6.07, 6.45) is 0.863. The zero-order valence-electron chi connectivity index (χ0n) is 26.0. The number of nitrogen functional groups attached to an aromatic ring is 4. The van der Waals surface area contributed by atoms with Gasteiger partial charge < -0.3 is 22.9 Å². The van der Waals surface area contributed by atoms with Gasteiger partial charge in [-0.1, -0.05) is 97.1 Å². The maximum Gasteiger partial charge on any atom is 0.0320 e. The first-order valence-electron chi connectivity index (χ1n) is 16.0. The molecule has 4 nitrogen and oxygen atoms in total. The van der Waals surface area contributed by atoms with Gasteiger partial charge in [0.05, 0.1) is 0 Å². The van der Waals surface area contributed by atoms with Gasteiger partial charge in [0.1, 0.15) is 0 Å². The molecule has 0 spiro atoms. The van der Waals surface area contributed by atoms with Crippen molar-refractivity contribution in [3.8, 4) is 0 Å². The molecule has 0 radical (unpaired) electrons. The lowest BCUT2D eigenvalue weighted by Crippen LogP contribution is -2.10. The zero-order chi connectivity index (χ0) is 32.1. The zero-order valence-corrected chi connectivity index (χ0v) is 26.0. The minimum absolute atomic E-state index is 0.105. The Hall–Kier alpha value is -6.00. The Morgan fingerprint density at radius 1 is 0.277 bits per heavy atom. The van der Waals surface area contributed by atoms with Crippen LogP contribution in [0.5, 0.6) is 0 Å². The van der Waals surface area contributed by atoms with Crippen LogP contribution in [0.3, 0.4) is 0 Å². The van der Waals surface area contributed by atoms with E-state index in [1.807, 2.05) is 48.5 Å². The molecule has 8 aromatic rings. The third-order valence-corrected chi connectivity index (χ3v) is 9.63. The molecule has 0 aliphatic heterocycles. The van der Waals surface area contributed by atoms with Crippen molar-refractivity contribution in [2.45, 2.75) is 18.3 Å². The van der Waals surface area contributed by atoms with Crippen molar-refractivity contribution in [1.82, 2.24) is 0 Å². The van der Waals surface area contributed by atoms with Crippen molar-refractivity contribution in [2.75, 3.05) is 22.9 Å². The highest BCUT2D eigenvalue weighted by molar-refractivity contribution is 5.89. The Balaban J connectivity index is 1.32. The van der Waals surface area contributed by atoms with Gasteiger partial charge in [-0.3, -0.25) is 0 Å². The molecule has 8 rings (SSSR count). The molecule has 0 heterocycles. The summed E-state index contributed by atoms with van der Waals surface area (Å²) in [5, 5.41) is 9.27. The van der Waals surface area contributed by atoms with Crippen LogP contribution in [0.4, 0.5) is 22.7 Å². The molecule has 0 amide bonds. The molecular weight excluding hydrogens is 573 g/mol. The molecule has 0 aliphatic rings.